The Bertz CT molecular complexity index is 148. The maximum atomic E-state index is 5.74. The molecule has 0 aromatic carbocycles. The van der Waals surface area contributed by atoms with E-state index in [9.17, 15) is 0 Å². The maximum Gasteiger partial charge on any atom is 0.0856 e. The third kappa shape index (κ3) is 0.695. The molecule has 2 aliphatic rings. The van der Waals surface area contributed by atoms with Crippen LogP contribution in [0, 0.1) is 5.41 Å². The van der Waals surface area contributed by atoms with Gasteiger partial charge in [0.2, 0.25) is 0 Å². The van der Waals surface area contributed by atoms with E-state index < -0.39 is 0 Å². The van der Waals surface area contributed by atoms with Crippen molar-refractivity contribution in [3.8, 4) is 0 Å². The highest BCUT2D eigenvalue weighted by Gasteiger charge is 2.61. The Labute approximate surface area is 68.1 Å². The third-order valence-electron chi connectivity index (χ3n) is 4.01. The molecule has 2 N–H and O–H groups in total. The van der Waals surface area contributed by atoms with Crippen molar-refractivity contribution < 1.29 is 4.74 Å². The molecular weight excluding hydrogens is 138 g/mol. The van der Waals surface area contributed by atoms with Gasteiger partial charge in [-0.2, -0.15) is 0 Å². The lowest BCUT2D eigenvalue weighted by atomic mass is 9.47. The van der Waals surface area contributed by atoms with Crippen LogP contribution in [0.2, 0.25) is 0 Å². The second-order valence-electron chi connectivity index (χ2n) is 4.04. The van der Waals surface area contributed by atoms with E-state index in [2.05, 4.69) is 0 Å². The summed E-state index contributed by atoms with van der Waals surface area (Å²) in [5, 5.41) is 0. The minimum absolute atomic E-state index is 0.0747. The molecule has 0 aliphatic heterocycles. The fourth-order valence-electron chi connectivity index (χ4n) is 2.79. The van der Waals surface area contributed by atoms with Crippen LogP contribution in [0.3, 0.4) is 0 Å². The topological polar surface area (TPSA) is 35.2 Å². The van der Waals surface area contributed by atoms with Crippen LogP contribution in [0.5, 0.6) is 0 Å². The minimum atomic E-state index is 0.0747. The SMILES string of the molecule is COC1(CN)CCC12CCC2. The standard InChI is InChI=1S/C9H17NO/c1-11-9(7-10)6-5-8(9)3-2-4-8/h2-7,10H2,1H3. The summed E-state index contributed by atoms with van der Waals surface area (Å²) in [6.45, 7) is 0.712. The second kappa shape index (κ2) is 2.20. The highest BCUT2D eigenvalue weighted by Crippen LogP contribution is 2.63. The van der Waals surface area contributed by atoms with Gasteiger partial charge in [0, 0.05) is 19.1 Å². The van der Waals surface area contributed by atoms with Gasteiger partial charge in [-0.05, 0) is 25.7 Å². The van der Waals surface area contributed by atoms with Crippen molar-refractivity contribution in [3.05, 3.63) is 0 Å². The largest absolute Gasteiger partial charge is 0.376 e. The van der Waals surface area contributed by atoms with Crippen molar-refractivity contribution >= 4 is 0 Å². The maximum absolute atomic E-state index is 5.74. The highest BCUT2D eigenvalue weighted by molar-refractivity contribution is 5.13. The summed E-state index contributed by atoms with van der Waals surface area (Å²) in [5.74, 6) is 0. The van der Waals surface area contributed by atoms with Crippen LogP contribution in [0.1, 0.15) is 32.1 Å². The quantitative estimate of drug-likeness (QED) is 0.652. The lowest BCUT2D eigenvalue weighted by molar-refractivity contribution is -0.216. The predicted molar refractivity (Wildman–Crippen MR) is 44.3 cm³/mol. The summed E-state index contributed by atoms with van der Waals surface area (Å²) in [6.07, 6.45) is 6.60. The fourth-order valence-corrected chi connectivity index (χ4v) is 2.79. The van der Waals surface area contributed by atoms with Crippen LogP contribution >= 0.6 is 0 Å². The van der Waals surface area contributed by atoms with E-state index in [-0.39, 0.29) is 5.60 Å². The Morgan fingerprint density at radius 2 is 2.00 bits per heavy atom. The average molecular weight is 155 g/mol. The van der Waals surface area contributed by atoms with E-state index in [1.165, 1.54) is 32.1 Å². The molecule has 1 unspecified atom stereocenters. The van der Waals surface area contributed by atoms with Gasteiger partial charge in [0.25, 0.3) is 0 Å². The molecule has 0 aromatic heterocycles. The van der Waals surface area contributed by atoms with Crippen molar-refractivity contribution in [2.45, 2.75) is 37.7 Å². The Hall–Kier alpha value is -0.0800. The van der Waals surface area contributed by atoms with Crippen LogP contribution < -0.4 is 5.73 Å². The fraction of sp³-hybridized carbons (Fsp3) is 1.00. The van der Waals surface area contributed by atoms with E-state index in [1.54, 1.807) is 0 Å². The molecule has 2 fully saturated rings. The van der Waals surface area contributed by atoms with Crippen molar-refractivity contribution in [1.29, 1.82) is 0 Å². The Morgan fingerprint density at radius 3 is 2.09 bits per heavy atom. The summed E-state index contributed by atoms with van der Waals surface area (Å²) in [6, 6.07) is 0. The summed E-state index contributed by atoms with van der Waals surface area (Å²) >= 11 is 0. The van der Waals surface area contributed by atoms with Crippen LogP contribution in [0.15, 0.2) is 0 Å². The van der Waals surface area contributed by atoms with Gasteiger partial charge in [-0.25, -0.2) is 0 Å². The van der Waals surface area contributed by atoms with Gasteiger partial charge in [0.05, 0.1) is 5.60 Å². The number of rotatable bonds is 2. The number of methoxy groups -OCH3 is 1. The molecule has 0 aromatic rings. The molecule has 11 heavy (non-hydrogen) atoms. The van der Waals surface area contributed by atoms with E-state index in [4.69, 9.17) is 10.5 Å². The molecule has 2 heteroatoms. The molecular formula is C9H17NO. The normalized spacial score (nSPS) is 39.8. The Balaban J connectivity index is 2.12. The molecule has 2 aliphatic carbocycles. The third-order valence-corrected chi connectivity index (χ3v) is 4.01. The summed E-state index contributed by atoms with van der Waals surface area (Å²) in [5.41, 5.74) is 6.32. The number of hydrogen-bond acceptors (Lipinski definition) is 2. The van der Waals surface area contributed by atoms with E-state index >= 15 is 0 Å². The molecule has 0 saturated heterocycles. The van der Waals surface area contributed by atoms with Gasteiger partial charge in [-0.15, -0.1) is 0 Å². The molecule has 2 nitrogen and oxygen atoms in total. The molecule has 0 amide bonds. The Morgan fingerprint density at radius 1 is 1.27 bits per heavy atom. The first kappa shape index (κ1) is 7.56. The van der Waals surface area contributed by atoms with E-state index in [1.807, 2.05) is 7.11 Å². The number of nitrogens with two attached hydrogens (primary N) is 1. The van der Waals surface area contributed by atoms with Crippen LogP contribution in [0.4, 0.5) is 0 Å². The monoisotopic (exact) mass is 155 g/mol. The number of hydrogen-bond donors (Lipinski definition) is 1. The first-order valence-corrected chi connectivity index (χ1v) is 4.54. The molecule has 0 radical (unpaired) electrons. The van der Waals surface area contributed by atoms with Gasteiger partial charge < -0.3 is 10.5 Å². The molecule has 64 valence electrons. The average Bonchev–Trinajstić information content (AvgIpc) is 1.86. The Kier molecular flexibility index (Phi) is 1.52. The lowest BCUT2D eigenvalue weighted by Gasteiger charge is -2.63. The van der Waals surface area contributed by atoms with Gasteiger partial charge in [0.1, 0.15) is 0 Å². The predicted octanol–water partition coefficient (Wildman–Crippen LogP) is 1.29. The highest BCUT2D eigenvalue weighted by atomic mass is 16.5. The molecule has 0 heterocycles. The second-order valence-corrected chi connectivity index (χ2v) is 4.04. The minimum Gasteiger partial charge on any atom is -0.376 e. The lowest BCUT2D eigenvalue weighted by Crippen LogP contribution is -2.65. The zero-order valence-corrected chi connectivity index (χ0v) is 7.23. The molecule has 2 saturated carbocycles. The van der Waals surface area contributed by atoms with Gasteiger partial charge >= 0.3 is 0 Å². The van der Waals surface area contributed by atoms with Crippen molar-refractivity contribution in [1.82, 2.24) is 0 Å². The van der Waals surface area contributed by atoms with E-state index in [0.29, 0.717) is 12.0 Å². The van der Waals surface area contributed by atoms with Crippen molar-refractivity contribution in [2.24, 2.45) is 11.1 Å². The smallest absolute Gasteiger partial charge is 0.0856 e. The van der Waals surface area contributed by atoms with Crippen LogP contribution in [-0.2, 0) is 4.74 Å². The summed E-state index contributed by atoms with van der Waals surface area (Å²) in [7, 11) is 1.81. The zero-order chi connectivity index (χ0) is 7.95. The summed E-state index contributed by atoms with van der Waals surface area (Å²) < 4.78 is 5.56. The van der Waals surface area contributed by atoms with Crippen molar-refractivity contribution in [3.63, 3.8) is 0 Å². The van der Waals surface area contributed by atoms with Gasteiger partial charge in [-0.1, -0.05) is 6.42 Å². The van der Waals surface area contributed by atoms with Gasteiger partial charge in [-0.3, -0.25) is 0 Å². The first-order chi connectivity index (χ1) is 5.29. The van der Waals surface area contributed by atoms with Crippen molar-refractivity contribution in [2.75, 3.05) is 13.7 Å². The van der Waals surface area contributed by atoms with Gasteiger partial charge in [0.15, 0.2) is 0 Å². The number of ether oxygens (including phenoxy) is 1. The summed E-state index contributed by atoms with van der Waals surface area (Å²) in [4.78, 5) is 0. The zero-order valence-electron chi connectivity index (χ0n) is 7.23. The molecule has 0 bridgehead atoms. The van der Waals surface area contributed by atoms with E-state index in [0.717, 1.165) is 0 Å². The molecule has 2 rings (SSSR count). The van der Waals surface area contributed by atoms with Crippen LogP contribution in [0.25, 0.3) is 0 Å². The van der Waals surface area contributed by atoms with Crippen LogP contribution in [-0.4, -0.2) is 19.3 Å². The molecule has 1 atom stereocenters. The molecule has 1 spiro atoms. The first-order valence-electron chi connectivity index (χ1n) is 4.54.